The van der Waals surface area contributed by atoms with Gasteiger partial charge in [0.05, 0.1) is 5.56 Å². The minimum absolute atomic E-state index is 0.0187. The van der Waals surface area contributed by atoms with Crippen LogP contribution < -0.4 is 5.32 Å². The molecule has 3 aromatic rings. The molecule has 1 aromatic heterocycles. The topological polar surface area (TPSA) is 29.1 Å². The second kappa shape index (κ2) is 5.46. The van der Waals surface area contributed by atoms with Gasteiger partial charge in [0.25, 0.3) is 5.91 Å². The third kappa shape index (κ3) is 2.63. The molecule has 0 radical (unpaired) electrons. The molecule has 1 fully saturated rings. The van der Waals surface area contributed by atoms with Crippen LogP contribution in [0, 0.1) is 5.82 Å². The van der Waals surface area contributed by atoms with Crippen LogP contribution in [0.5, 0.6) is 0 Å². The average molecular weight is 325 g/mol. The van der Waals surface area contributed by atoms with Gasteiger partial charge in [-0.3, -0.25) is 4.79 Å². The highest BCUT2D eigenvalue weighted by atomic mass is 32.1. The van der Waals surface area contributed by atoms with Crippen LogP contribution in [0.1, 0.15) is 28.8 Å². The molecule has 0 saturated heterocycles. The minimum Gasteiger partial charge on any atom is -0.351 e. The summed E-state index contributed by atoms with van der Waals surface area (Å²) in [5.74, 6) is -0.255. The molecule has 0 spiro atoms. The highest BCUT2D eigenvalue weighted by molar-refractivity contribution is 7.17. The van der Waals surface area contributed by atoms with E-state index in [9.17, 15) is 9.18 Å². The molecule has 4 heteroatoms. The fourth-order valence-electron chi connectivity index (χ4n) is 3.02. The second-order valence-electron chi connectivity index (χ2n) is 6.12. The lowest BCUT2D eigenvalue weighted by Crippen LogP contribution is -2.32. The van der Waals surface area contributed by atoms with Crippen molar-refractivity contribution in [3.63, 3.8) is 0 Å². The molecule has 1 saturated carbocycles. The molecule has 0 unspecified atom stereocenters. The summed E-state index contributed by atoms with van der Waals surface area (Å²) in [5, 5.41) is 5.98. The Hall–Kier alpha value is -2.20. The van der Waals surface area contributed by atoms with Gasteiger partial charge in [-0.15, -0.1) is 11.3 Å². The van der Waals surface area contributed by atoms with Crippen LogP contribution in [0.3, 0.4) is 0 Å². The third-order valence-corrected chi connectivity index (χ3v) is 5.59. The first-order valence-electron chi connectivity index (χ1n) is 7.68. The number of benzene rings is 2. The molecule has 2 nitrogen and oxygen atoms in total. The van der Waals surface area contributed by atoms with Crippen molar-refractivity contribution in [1.29, 1.82) is 0 Å². The predicted octanol–water partition coefficient (Wildman–Crippen LogP) is 4.50. The summed E-state index contributed by atoms with van der Waals surface area (Å²) >= 11 is 1.59. The van der Waals surface area contributed by atoms with Gasteiger partial charge in [0, 0.05) is 27.4 Å². The molecule has 2 aromatic carbocycles. The molecular formula is C19H16FNOS. The summed E-state index contributed by atoms with van der Waals surface area (Å²) in [5.41, 5.74) is 1.82. The summed E-state index contributed by atoms with van der Waals surface area (Å²) in [4.78, 5) is 12.5. The maximum Gasteiger partial charge on any atom is 0.252 e. The van der Waals surface area contributed by atoms with Gasteiger partial charge < -0.3 is 5.32 Å². The number of carbonyl (C=O) groups is 1. The van der Waals surface area contributed by atoms with Crippen molar-refractivity contribution in [1.82, 2.24) is 5.32 Å². The van der Waals surface area contributed by atoms with E-state index in [2.05, 4.69) is 5.32 Å². The van der Waals surface area contributed by atoms with Gasteiger partial charge in [0.1, 0.15) is 5.82 Å². The lowest BCUT2D eigenvalue weighted by Gasteiger charge is -2.16. The molecule has 1 aliphatic carbocycles. The van der Waals surface area contributed by atoms with Gasteiger partial charge in [-0.25, -0.2) is 4.39 Å². The van der Waals surface area contributed by atoms with Crippen molar-refractivity contribution in [3.8, 4) is 0 Å². The summed E-state index contributed by atoms with van der Waals surface area (Å²) < 4.78 is 14.2. The summed E-state index contributed by atoms with van der Waals surface area (Å²) in [6.07, 6.45) is 2.06. The molecule has 0 bridgehead atoms. The Bertz CT molecular complexity index is 864. The zero-order chi connectivity index (χ0) is 15.9. The SMILES string of the molecule is O=C(NCC1(c2ccc(F)cc2)CC1)c1csc2ccccc12. The number of amides is 1. The van der Waals surface area contributed by atoms with E-state index in [1.165, 1.54) is 12.1 Å². The monoisotopic (exact) mass is 325 g/mol. The van der Waals surface area contributed by atoms with Crippen molar-refractivity contribution >= 4 is 27.3 Å². The molecule has 23 heavy (non-hydrogen) atoms. The predicted molar refractivity (Wildman–Crippen MR) is 91.5 cm³/mol. The van der Waals surface area contributed by atoms with Crippen molar-refractivity contribution in [3.05, 3.63) is 70.9 Å². The van der Waals surface area contributed by atoms with Crippen molar-refractivity contribution < 1.29 is 9.18 Å². The minimum atomic E-state index is -0.224. The van der Waals surface area contributed by atoms with Gasteiger partial charge in [-0.05, 0) is 36.6 Å². The summed E-state index contributed by atoms with van der Waals surface area (Å²) in [7, 11) is 0. The van der Waals surface area contributed by atoms with E-state index in [0.717, 1.165) is 34.1 Å². The quantitative estimate of drug-likeness (QED) is 0.752. The summed E-state index contributed by atoms with van der Waals surface area (Å²) in [6.45, 7) is 0.599. The Morgan fingerprint density at radius 2 is 1.87 bits per heavy atom. The lowest BCUT2D eigenvalue weighted by atomic mass is 9.96. The largest absolute Gasteiger partial charge is 0.351 e. The number of hydrogen-bond acceptors (Lipinski definition) is 2. The van der Waals surface area contributed by atoms with Crippen molar-refractivity contribution in [2.45, 2.75) is 18.3 Å². The van der Waals surface area contributed by atoms with Crippen molar-refractivity contribution in [2.75, 3.05) is 6.54 Å². The van der Waals surface area contributed by atoms with Crippen LogP contribution >= 0.6 is 11.3 Å². The third-order valence-electron chi connectivity index (χ3n) is 4.62. The number of halogens is 1. The standard InChI is InChI=1S/C19H16FNOS/c20-14-7-5-13(6-8-14)19(9-10-19)12-21-18(22)16-11-23-17-4-2-1-3-15(16)17/h1-8,11H,9-10,12H2,(H,21,22). The van der Waals surface area contributed by atoms with Gasteiger partial charge in [-0.2, -0.15) is 0 Å². The molecule has 1 N–H and O–H groups in total. The molecule has 4 rings (SSSR count). The van der Waals surface area contributed by atoms with Gasteiger partial charge >= 0.3 is 0 Å². The van der Waals surface area contributed by atoms with E-state index in [0.29, 0.717) is 6.54 Å². The first kappa shape index (κ1) is 14.4. The van der Waals surface area contributed by atoms with E-state index < -0.39 is 0 Å². The Morgan fingerprint density at radius 3 is 2.61 bits per heavy atom. The normalized spacial score (nSPS) is 15.5. The zero-order valence-electron chi connectivity index (χ0n) is 12.5. The van der Waals surface area contributed by atoms with Gasteiger partial charge in [0.2, 0.25) is 0 Å². The average Bonchev–Trinajstić information content (AvgIpc) is 3.24. The highest BCUT2D eigenvalue weighted by Gasteiger charge is 2.44. The van der Waals surface area contributed by atoms with Crippen molar-refractivity contribution in [2.24, 2.45) is 0 Å². The fraction of sp³-hybridized carbons (Fsp3) is 0.211. The smallest absolute Gasteiger partial charge is 0.252 e. The molecule has 1 amide bonds. The van der Waals surface area contributed by atoms with Gasteiger partial charge in [0.15, 0.2) is 0 Å². The molecule has 1 heterocycles. The van der Waals surface area contributed by atoms with Crippen LogP contribution in [-0.4, -0.2) is 12.5 Å². The van der Waals surface area contributed by atoms with E-state index in [1.54, 1.807) is 11.3 Å². The zero-order valence-corrected chi connectivity index (χ0v) is 13.3. The Morgan fingerprint density at radius 1 is 1.13 bits per heavy atom. The number of carbonyl (C=O) groups excluding carboxylic acids is 1. The van der Waals surface area contributed by atoms with Crippen LogP contribution in [0.15, 0.2) is 53.9 Å². The maximum atomic E-state index is 13.1. The number of fused-ring (bicyclic) bond motifs is 1. The number of nitrogens with one attached hydrogen (secondary N) is 1. The van der Waals surface area contributed by atoms with Crippen LogP contribution in [0.4, 0.5) is 4.39 Å². The van der Waals surface area contributed by atoms with E-state index >= 15 is 0 Å². The molecule has 116 valence electrons. The van der Waals surface area contributed by atoms with Crippen LogP contribution in [-0.2, 0) is 5.41 Å². The molecule has 0 atom stereocenters. The number of rotatable bonds is 4. The number of hydrogen-bond donors (Lipinski definition) is 1. The number of thiophene rings is 1. The maximum absolute atomic E-state index is 13.1. The Labute approximate surface area is 138 Å². The lowest BCUT2D eigenvalue weighted by molar-refractivity contribution is 0.0951. The highest BCUT2D eigenvalue weighted by Crippen LogP contribution is 2.47. The Balaban J connectivity index is 1.50. The Kier molecular flexibility index (Phi) is 3.42. The van der Waals surface area contributed by atoms with E-state index in [1.807, 2.05) is 41.8 Å². The second-order valence-corrected chi connectivity index (χ2v) is 7.03. The first-order chi connectivity index (χ1) is 11.2. The molecule has 1 aliphatic rings. The first-order valence-corrected chi connectivity index (χ1v) is 8.56. The summed E-state index contributed by atoms with van der Waals surface area (Å²) in [6, 6.07) is 14.6. The molecule has 0 aliphatic heterocycles. The van der Waals surface area contributed by atoms with Crippen LogP contribution in [0.25, 0.3) is 10.1 Å². The van der Waals surface area contributed by atoms with Gasteiger partial charge in [-0.1, -0.05) is 30.3 Å². The molecular weight excluding hydrogens is 309 g/mol. The fourth-order valence-corrected chi connectivity index (χ4v) is 3.96. The van der Waals surface area contributed by atoms with E-state index in [4.69, 9.17) is 0 Å². The van der Waals surface area contributed by atoms with Crippen LogP contribution in [0.2, 0.25) is 0 Å². The van der Waals surface area contributed by atoms with E-state index in [-0.39, 0.29) is 17.1 Å².